The summed E-state index contributed by atoms with van der Waals surface area (Å²) in [6.45, 7) is 0.599. The number of carbonyl (C=O) groups excluding carboxylic acids is 1. The molecule has 0 radical (unpaired) electrons. The highest BCUT2D eigenvalue weighted by molar-refractivity contribution is 6.02. The summed E-state index contributed by atoms with van der Waals surface area (Å²) in [4.78, 5) is 12.1. The monoisotopic (exact) mass is 384 g/mol. The van der Waals surface area contributed by atoms with Gasteiger partial charge in [-0.05, 0) is 42.3 Å². The largest absolute Gasteiger partial charge is 0.496 e. The van der Waals surface area contributed by atoms with Gasteiger partial charge in [-0.15, -0.1) is 10.2 Å². The van der Waals surface area contributed by atoms with Crippen molar-refractivity contribution < 1.29 is 18.3 Å². The van der Waals surface area contributed by atoms with Crippen LogP contribution in [-0.2, 0) is 6.42 Å². The predicted octanol–water partition coefficient (Wildman–Crippen LogP) is 3.67. The quantitative estimate of drug-likeness (QED) is 0.650. The Morgan fingerprint density at radius 3 is 2.61 bits per heavy atom. The van der Waals surface area contributed by atoms with E-state index >= 15 is 0 Å². The molecular weight excluding hydrogens is 366 g/mol. The number of ether oxygens (including phenoxy) is 1. The number of nitrogens with zero attached hydrogens (tertiary/aromatic N) is 2. The Hall–Kier alpha value is -3.55. The Kier molecular flexibility index (Phi) is 6.11. The van der Waals surface area contributed by atoms with E-state index in [1.165, 1.54) is 6.07 Å². The van der Waals surface area contributed by atoms with Gasteiger partial charge in [-0.1, -0.05) is 18.2 Å². The molecule has 6 nitrogen and oxygen atoms in total. The van der Waals surface area contributed by atoms with Crippen LogP contribution >= 0.6 is 0 Å². The van der Waals surface area contributed by atoms with Gasteiger partial charge in [0.15, 0.2) is 5.69 Å². The molecule has 144 valence electrons. The van der Waals surface area contributed by atoms with Gasteiger partial charge < -0.3 is 15.4 Å². The molecule has 3 aromatic rings. The molecule has 3 rings (SSSR count). The summed E-state index contributed by atoms with van der Waals surface area (Å²) in [6.07, 6.45) is 0.720. The maximum absolute atomic E-state index is 13.6. The third-order valence-electron chi connectivity index (χ3n) is 3.97. The summed E-state index contributed by atoms with van der Waals surface area (Å²) in [6, 6.07) is 13.7. The molecule has 2 N–H and O–H groups in total. The normalized spacial score (nSPS) is 10.4. The number of para-hydroxylation sites is 1. The molecule has 0 saturated carbocycles. The van der Waals surface area contributed by atoms with Crippen LogP contribution in [0.1, 0.15) is 16.1 Å². The molecule has 8 heteroatoms. The van der Waals surface area contributed by atoms with Crippen molar-refractivity contribution in [1.29, 1.82) is 0 Å². The zero-order valence-corrected chi connectivity index (χ0v) is 15.1. The van der Waals surface area contributed by atoms with E-state index in [1.807, 2.05) is 24.3 Å². The SMILES string of the molecule is COc1ccccc1CCNc1ccc(C(=O)Nc2ccc(F)cc2F)nn1. The number of rotatable bonds is 7. The third-order valence-corrected chi connectivity index (χ3v) is 3.97. The van der Waals surface area contributed by atoms with E-state index < -0.39 is 17.5 Å². The Morgan fingerprint density at radius 2 is 1.89 bits per heavy atom. The van der Waals surface area contributed by atoms with Gasteiger partial charge >= 0.3 is 0 Å². The molecule has 0 saturated heterocycles. The topological polar surface area (TPSA) is 76.1 Å². The summed E-state index contributed by atoms with van der Waals surface area (Å²) < 4.78 is 31.8. The van der Waals surface area contributed by atoms with Crippen LogP contribution in [0.15, 0.2) is 54.6 Å². The summed E-state index contributed by atoms with van der Waals surface area (Å²) >= 11 is 0. The van der Waals surface area contributed by atoms with Crippen LogP contribution in [0.2, 0.25) is 0 Å². The molecular formula is C20H18F2N4O2. The van der Waals surface area contributed by atoms with Crippen molar-refractivity contribution in [3.05, 3.63) is 77.5 Å². The van der Waals surface area contributed by atoms with Gasteiger partial charge in [0.25, 0.3) is 5.91 Å². The van der Waals surface area contributed by atoms with Gasteiger partial charge in [0, 0.05) is 12.6 Å². The Balaban J connectivity index is 1.56. The molecule has 1 aromatic heterocycles. The van der Waals surface area contributed by atoms with Crippen molar-refractivity contribution in [3.63, 3.8) is 0 Å². The molecule has 0 aliphatic rings. The van der Waals surface area contributed by atoms with Gasteiger partial charge in [0.1, 0.15) is 23.2 Å². The first-order valence-corrected chi connectivity index (χ1v) is 8.52. The standard InChI is InChI=1S/C20H18F2N4O2/c1-28-18-5-3-2-4-13(18)10-11-23-19-9-8-17(25-26-19)20(27)24-16-7-6-14(21)12-15(16)22/h2-9,12H,10-11H2,1H3,(H,23,26)(H,24,27). The smallest absolute Gasteiger partial charge is 0.276 e. The molecule has 0 fully saturated rings. The predicted molar refractivity (Wildman–Crippen MR) is 102 cm³/mol. The Bertz CT molecular complexity index is 965. The first-order valence-electron chi connectivity index (χ1n) is 8.52. The average Bonchev–Trinajstić information content (AvgIpc) is 2.71. The molecule has 2 aromatic carbocycles. The van der Waals surface area contributed by atoms with E-state index in [2.05, 4.69) is 20.8 Å². The van der Waals surface area contributed by atoms with Crippen LogP contribution in [0.5, 0.6) is 5.75 Å². The van der Waals surface area contributed by atoms with E-state index in [0.717, 1.165) is 29.9 Å². The maximum atomic E-state index is 13.6. The summed E-state index contributed by atoms with van der Waals surface area (Å²) in [7, 11) is 1.62. The third kappa shape index (κ3) is 4.79. The van der Waals surface area contributed by atoms with Gasteiger partial charge in [-0.3, -0.25) is 4.79 Å². The number of aromatic nitrogens is 2. The van der Waals surface area contributed by atoms with E-state index in [1.54, 1.807) is 13.2 Å². The molecule has 0 atom stereocenters. The Labute approximate surface area is 160 Å². The lowest BCUT2D eigenvalue weighted by molar-refractivity contribution is 0.102. The number of benzene rings is 2. The highest BCUT2D eigenvalue weighted by Gasteiger charge is 2.12. The number of nitrogens with one attached hydrogen (secondary N) is 2. The number of amides is 1. The number of methoxy groups -OCH3 is 1. The van der Waals surface area contributed by atoms with Crippen LogP contribution in [0.3, 0.4) is 0 Å². The molecule has 1 amide bonds. The van der Waals surface area contributed by atoms with Crippen molar-refractivity contribution in [1.82, 2.24) is 10.2 Å². The number of hydrogen-bond donors (Lipinski definition) is 2. The molecule has 0 unspecified atom stereocenters. The number of hydrogen-bond acceptors (Lipinski definition) is 5. The molecule has 0 aliphatic heterocycles. The van der Waals surface area contributed by atoms with Crippen LogP contribution in [0.25, 0.3) is 0 Å². The van der Waals surface area contributed by atoms with E-state index in [4.69, 9.17) is 4.74 Å². The number of anilines is 2. The summed E-state index contributed by atoms with van der Waals surface area (Å²) in [5.74, 6) is -0.914. The van der Waals surface area contributed by atoms with Crippen LogP contribution in [0, 0.1) is 11.6 Å². The minimum absolute atomic E-state index is 0.0130. The minimum atomic E-state index is -0.865. The van der Waals surface area contributed by atoms with Crippen molar-refractivity contribution in [3.8, 4) is 5.75 Å². The lowest BCUT2D eigenvalue weighted by Gasteiger charge is -2.09. The zero-order chi connectivity index (χ0) is 19.9. The highest BCUT2D eigenvalue weighted by Crippen LogP contribution is 2.18. The zero-order valence-electron chi connectivity index (χ0n) is 15.1. The fraction of sp³-hybridized carbons (Fsp3) is 0.150. The Morgan fingerprint density at radius 1 is 1.07 bits per heavy atom. The van der Waals surface area contributed by atoms with Crippen LogP contribution < -0.4 is 15.4 Å². The fourth-order valence-corrected chi connectivity index (χ4v) is 2.56. The lowest BCUT2D eigenvalue weighted by atomic mass is 10.1. The second-order valence-electron chi connectivity index (χ2n) is 5.87. The first-order chi connectivity index (χ1) is 13.6. The second-order valence-corrected chi connectivity index (χ2v) is 5.87. The maximum Gasteiger partial charge on any atom is 0.276 e. The van der Waals surface area contributed by atoms with Gasteiger partial charge in [-0.2, -0.15) is 0 Å². The van der Waals surface area contributed by atoms with Gasteiger partial charge in [0.2, 0.25) is 0 Å². The average molecular weight is 384 g/mol. The van der Waals surface area contributed by atoms with E-state index in [9.17, 15) is 13.6 Å². The summed E-state index contributed by atoms with van der Waals surface area (Å²) in [5, 5.41) is 13.2. The molecule has 28 heavy (non-hydrogen) atoms. The molecule has 0 aliphatic carbocycles. The number of carbonyl (C=O) groups is 1. The van der Waals surface area contributed by atoms with Crippen LogP contribution in [-0.4, -0.2) is 29.8 Å². The van der Waals surface area contributed by atoms with Crippen molar-refractivity contribution in [2.75, 3.05) is 24.3 Å². The van der Waals surface area contributed by atoms with Gasteiger partial charge in [-0.25, -0.2) is 8.78 Å². The van der Waals surface area contributed by atoms with Crippen molar-refractivity contribution in [2.45, 2.75) is 6.42 Å². The van der Waals surface area contributed by atoms with E-state index in [-0.39, 0.29) is 11.4 Å². The molecule has 0 spiro atoms. The minimum Gasteiger partial charge on any atom is -0.496 e. The van der Waals surface area contributed by atoms with Crippen molar-refractivity contribution in [2.24, 2.45) is 0 Å². The van der Waals surface area contributed by atoms with E-state index in [0.29, 0.717) is 18.4 Å². The molecule has 0 bridgehead atoms. The highest BCUT2D eigenvalue weighted by atomic mass is 19.1. The second kappa shape index (κ2) is 8.90. The first kappa shape index (κ1) is 19.2. The summed E-state index contributed by atoms with van der Waals surface area (Å²) in [5.41, 5.74) is 0.939. The van der Waals surface area contributed by atoms with Gasteiger partial charge in [0.05, 0.1) is 12.8 Å². The van der Waals surface area contributed by atoms with Crippen LogP contribution in [0.4, 0.5) is 20.3 Å². The molecule has 1 heterocycles. The number of halogens is 2. The lowest BCUT2D eigenvalue weighted by Crippen LogP contribution is -2.16. The van der Waals surface area contributed by atoms with Crippen molar-refractivity contribution >= 4 is 17.4 Å². The fourth-order valence-electron chi connectivity index (χ4n) is 2.56.